The molecule has 0 aliphatic rings. The first-order valence-electron chi connectivity index (χ1n) is 6.16. The molecule has 0 radical (unpaired) electrons. The van der Waals surface area contributed by atoms with Crippen molar-refractivity contribution in [1.82, 2.24) is 0 Å². The van der Waals surface area contributed by atoms with Gasteiger partial charge in [-0.05, 0) is 35.9 Å². The van der Waals surface area contributed by atoms with Gasteiger partial charge in [-0.25, -0.2) is 0 Å². The summed E-state index contributed by atoms with van der Waals surface area (Å²) >= 11 is 5.16. The Kier molecular flexibility index (Phi) is 4.75. The highest BCUT2D eigenvalue weighted by molar-refractivity contribution is 7.81. The number of rotatable bonds is 4. The van der Waals surface area contributed by atoms with Gasteiger partial charge in [-0.3, -0.25) is 0 Å². The van der Waals surface area contributed by atoms with E-state index in [0.29, 0.717) is 10.4 Å². The Morgan fingerprint density at radius 3 is 2.14 bits per heavy atom. The third-order valence-electron chi connectivity index (χ3n) is 2.76. The fourth-order valence-electron chi connectivity index (χ4n) is 1.67. The van der Waals surface area contributed by atoms with Crippen molar-refractivity contribution in [2.45, 2.75) is 6.18 Å². The third kappa shape index (κ3) is 4.43. The molecule has 0 saturated heterocycles. The summed E-state index contributed by atoms with van der Waals surface area (Å²) in [5.74, 6) is 0. The van der Waals surface area contributed by atoms with Crippen molar-refractivity contribution in [2.24, 2.45) is 0 Å². The Balaban J connectivity index is 2.00. The van der Waals surface area contributed by atoms with E-state index < -0.39 is 11.7 Å². The minimum Gasteiger partial charge on any atom is -0.362 e. The lowest BCUT2D eigenvalue weighted by atomic mass is 10.1. The molecule has 0 unspecified atom stereocenters. The van der Waals surface area contributed by atoms with Crippen LogP contribution in [0.4, 0.5) is 18.9 Å². The molecule has 2 aromatic carbocycles. The summed E-state index contributed by atoms with van der Waals surface area (Å²) in [6, 6.07) is 14.3. The Bertz CT molecular complexity index is 631. The maximum atomic E-state index is 12.5. The molecular weight excluding hydrogens is 295 g/mol. The first-order valence-corrected chi connectivity index (χ1v) is 6.57. The molecule has 0 fully saturated rings. The third-order valence-corrected chi connectivity index (χ3v) is 3.13. The molecule has 0 aromatic heterocycles. The van der Waals surface area contributed by atoms with Gasteiger partial charge >= 0.3 is 6.18 Å². The van der Waals surface area contributed by atoms with Crippen LogP contribution in [0.1, 0.15) is 11.1 Å². The summed E-state index contributed by atoms with van der Waals surface area (Å²) in [5, 5.41) is 3.03. The lowest BCUT2D eigenvalue weighted by molar-refractivity contribution is -0.137. The SMILES string of the molecule is FC(F)(F)c1ccc(C(=S)C=CNc2ccccc2)cc1. The molecule has 1 nitrogen and oxygen atoms in total. The van der Waals surface area contributed by atoms with E-state index >= 15 is 0 Å². The highest BCUT2D eigenvalue weighted by Gasteiger charge is 2.29. The number of nitrogens with one attached hydrogen (secondary N) is 1. The van der Waals surface area contributed by atoms with Crippen molar-refractivity contribution in [3.05, 3.63) is 78.0 Å². The smallest absolute Gasteiger partial charge is 0.362 e. The van der Waals surface area contributed by atoms with Crippen LogP contribution >= 0.6 is 12.2 Å². The van der Waals surface area contributed by atoms with Gasteiger partial charge in [0.25, 0.3) is 0 Å². The predicted molar refractivity (Wildman–Crippen MR) is 82.3 cm³/mol. The van der Waals surface area contributed by atoms with Gasteiger partial charge in [0.15, 0.2) is 0 Å². The van der Waals surface area contributed by atoms with Crippen LogP contribution in [0.15, 0.2) is 66.9 Å². The molecular formula is C16H12F3NS. The number of thiocarbonyl (C=S) groups is 1. The van der Waals surface area contributed by atoms with Crippen LogP contribution in [0, 0.1) is 0 Å². The van der Waals surface area contributed by atoms with Gasteiger partial charge in [0, 0.05) is 16.8 Å². The van der Waals surface area contributed by atoms with E-state index in [0.717, 1.165) is 17.8 Å². The predicted octanol–water partition coefficient (Wildman–Crippen LogP) is 5.05. The van der Waals surface area contributed by atoms with E-state index in [1.165, 1.54) is 12.1 Å². The topological polar surface area (TPSA) is 12.0 Å². The van der Waals surface area contributed by atoms with E-state index in [1.54, 1.807) is 12.3 Å². The number of benzene rings is 2. The molecule has 0 aliphatic carbocycles. The number of halogens is 3. The zero-order valence-electron chi connectivity index (χ0n) is 10.9. The van der Waals surface area contributed by atoms with Crippen LogP contribution in [0.2, 0.25) is 0 Å². The second kappa shape index (κ2) is 6.54. The van der Waals surface area contributed by atoms with E-state index in [9.17, 15) is 13.2 Å². The summed E-state index contributed by atoms with van der Waals surface area (Å²) < 4.78 is 37.4. The van der Waals surface area contributed by atoms with Crippen LogP contribution in [0.3, 0.4) is 0 Å². The van der Waals surface area contributed by atoms with Gasteiger partial charge in [0.05, 0.1) is 5.56 Å². The van der Waals surface area contributed by atoms with Crippen molar-refractivity contribution in [2.75, 3.05) is 5.32 Å². The second-order valence-corrected chi connectivity index (χ2v) is 4.72. The molecule has 0 saturated carbocycles. The van der Waals surface area contributed by atoms with Crippen molar-refractivity contribution in [3.63, 3.8) is 0 Å². The zero-order chi connectivity index (χ0) is 15.3. The molecule has 21 heavy (non-hydrogen) atoms. The van der Waals surface area contributed by atoms with Crippen molar-refractivity contribution < 1.29 is 13.2 Å². The maximum absolute atomic E-state index is 12.5. The largest absolute Gasteiger partial charge is 0.416 e. The molecule has 108 valence electrons. The van der Waals surface area contributed by atoms with E-state index in [2.05, 4.69) is 5.32 Å². The van der Waals surface area contributed by atoms with Crippen LogP contribution in [-0.4, -0.2) is 4.86 Å². The van der Waals surface area contributed by atoms with Crippen LogP contribution in [-0.2, 0) is 6.18 Å². The van der Waals surface area contributed by atoms with Gasteiger partial charge in [-0.2, -0.15) is 13.2 Å². The molecule has 0 heterocycles. The first kappa shape index (κ1) is 15.3. The average molecular weight is 307 g/mol. The summed E-state index contributed by atoms with van der Waals surface area (Å²) in [4.78, 5) is 0.465. The maximum Gasteiger partial charge on any atom is 0.416 e. The average Bonchev–Trinajstić information content (AvgIpc) is 2.47. The highest BCUT2D eigenvalue weighted by Crippen LogP contribution is 2.29. The Morgan fingerprint density at radius 1 is 0.952 bits per heavy atom. The summed E-state index contributed by atoms with van der Waals surface area (Å²) in [5.41, 5.74) is 0.800. The Morgan fingerprint density at radius 2 is 1.57 bits per heavy atom. The molecule has 0 bridgehead atoms. The lowest BCUT2D eigenvalue weighted by Crippen LogP contribution is -2.05. The highest BCUT2D eigenvalue weighted by atomic mass is 32.1. The van der Waals surface area contributed by atoms with Crippen LogP contribution < -0.4 is 5.32 Å². The standard InChI is InChI=1S/C16H12F3NS/c17-16(18,19)13-8-6-12(7-9-13)15(21)10-11-20-14-4-2-1-3-5-14/h1-11,20H. The van der Waals surface area contributed by atoms with E-state index in [1.807, 2.05) is 30.3 Å². The fraction of sp³-hybridized carbons (Fsp3) is 0.0625. The van der Waals surface area contributed by atoms with Crippen molar-refractivity contribution >= 4 is 22.8 Å². The van der Waals surface area contributed by atoms with Crippen molar-refractivity contribution in [3.8, 4) is 0 Å². The summed E-state index contributed by atoms with van der Waals surface area (Å²) in [7, 11) is 0. The number of hydrogen-bond acceptors (Lipinski definition) is 2. The lowest BCUT2D eigenvalue weighted by Gasteiger charge is -2.07. The van der Waals surface area contributed by atoms with Gasteiger partial charge in [0.2, 0.25) is 0 Å². The monoisotopic (exact) mass is 307 g/mol. The number of anilines is 1. The fourth-order valence-corrected chi connectivity index (χ4v) is 1.87. The second-order valence-electron chi connectivity index (χ2n) is 4.28. The first-order chi connectivity index (χ1) is 9.97. The van der Waals surface area contributed by atoms with Crippen LogP contribution in [0.25, 0.3) is 0 Å². The number of para-hydroxylation sites is 1. The molecule has 0 amide bonds. The molecule has 0 aliphatic heterocycles. The minimum absolute atomic E-state index is 0.465. The zero-order valence-corrected chi connectivity index (χ0v) is 11.7. The molecule has 1 N–H and O–H groups in total. The van der Waals surface area contributed by atoms with Gasteiger partial charge < -0.3 is 5.32 Å². The number of hydrogen-bond donors (Lipinski definition) is 1. The van der Waals surface area contributed by atoms with E-state index in [4.69, 9.17) is 12.2 Å². The molecule has 2 rings (SSSR count). The number of alkyl halides is 3. The van der Waals surface area contributed by atoms with Gasteiger partial charge in [0.1, 0.15) is 0 Å². The van der Waals surface area contributed by atoms with Gasteiger partial charge in [-0.15, -0.1) is 0 Å². The number of allylic oxidation sites excluding steroid dienone is 1. The minimum atomic E-state index is -4.33. The quantitative estimate of drug-likeness (QED) is 0.482. The van der Waals surface area contributed by atoms with E-state index in [-0.39, 0.29) is 0 Å². The van der Waals surface area contributed by atoms with Gasteiger partial charge in [-0.1, -0.05) is 42.5 Å². The molecule has 0 spiro atoms. The summed E-state index contributed by atoms with van der Waals surface area (Å²) in [6.07, 6.45) is -1.02. The molecule has 2 aromatic rings. The molecule has 0 atom stereocenters. The van der Waals surface area contributed by atoms with Crippen molar-refractivity contribution in [1.29, 1.82) is 0 Å². The normalized spacial score (nSPS) is 11.6. The molecule has 5 heteroatoms. The Hall–Kier alpha value is -2.14. The van der Waals surface area contributed by atoms with Crippen LogP contribution in [0.5, 0.6) is 0 Å². The summed E-state index contributed by atoms with van der Waals surface area (Å²) in [6.45, 7) is 0. The Labute approximate surface area is 126 Å².